The van der Waals surface area contributed by atoms with Gasteiger partial charge in [-0.2, -0.15) is 0 Å². The van der Waals surface area contributed by atoms with Crippen molar-refractivity contribution in [1.82, 2.24) is 10.2 Å². The van der Waals surface area contributed by atoms with Crippen molar-refractivity contribution in [3.8, 4) is 11.5 Å². The van der Waals surface area contributed by atoms with E-state index in [9.17, 15) is 18.0 Å². The Morgan fingerprint density at radius 3 is 2.18 bits per heavy atom. The predicted octanol–water partition coefficient (Wildman–Crippen LogP) is 5.09. The van der Waals surface area contributed by atoms with E-state index < -0.39 is 16.1 Å². The first-order valence-electron chi connectivity index (χ1n) is 15.8. The Bertz CT molecular complexity index is 1530. The minimum Gasteiger partial charge on any atom is -0.486 e. The molecule has 0 radical (unpaired) electrons. The lowest BCUT2D eigenvalue weighted by molar-refractivity contribution is -0.141. The number of nitrogens with one attached hydrogen (secondary N) is 1. The highest BCUT2D eigenvalue weighted by molar-refractivity contribution is 7.92. The summed E-state index contributed by atoms with van der Waals surface area (Å²) in [5.41, 5.74) is 2.33. The first kappa shape index (κ1) is 32.3. The van der Waals surface area contributed by atoms with Gasteiger partial charge in [-0.15, -0.1) is 0 Å². The number of hydrogen-bond donors (Lipinski definition) is 1. The minimum absolute atomic E-state index is 0.0748. The van der Waals surface area contributed by atoms with Crippen LogP contribution in [0.5, 0.6) is 11.5 Å². The first-order chi connectivity index (χ1) is 21.8. The zero-order valence-corrected chi connectivity index (χ0v) is 26.7. The van der Waals surface area contributed by atoms with Gasteiger partial charge in [0.25, 0.3) is 0 Å². The molecule has 10 heteroatoms. The Morgan fingerprint density at radius 2 is 1.51 bits per heavy atom. The molecule has 2 amide bonds. The number of amides is 2. The molecule has 1 N–H and O–H groups in total. The van der Waals surface area contributed by atoms with Crippen LogP contribution in [0.1, 0.15) is 56.1 Å². The summed E-state index contributed by atoms with van der Waals surface area (Å²) in [5, 5.41) is 3.26. The molecule has 0 aromatic heterocycles. The molecule has 1 saturated carbocycles. The van der Waals surface area contributed by atoms with Gasteiger partial charge < -0.3 is 19.7 Å². The molecule has 0 spiro atoms. The van der Waals surface area contributed by atoms with Crippen molar-refractivity contribution in [2.75, 3.05) is 30.3 Å². The first-order valence-corrected chi connectivity index (χ1v) is 17.7. The molecule has 9 nitrogen and oxygen atoms in total. The molecule has 1 aliphatic heterocycles. The van der Waals surface area contributed by atoms with Crippen LogP contribution in [0.25, 0.3) is 0 Å². The molecule has 3 aromatic carbocycles. The lowest BCUT2D eigenvalue weighted by Crippen LogP contribution is -2.52. The number of hydrogen-bond acceptors (Lipinski definition) is 6. The predicted molar refractivity (Wildman–Crippen MR) is 175 cm³/mol. The second kappa shape index (κ2) is 15.3. The molecule has 3 aromatic rings. The number of ether oxygens (including phenoxy) is 2. The van der Waals surface area contributed by atoms with E-state index in [1.807, 2.05) is 60.7 Å². The molecule has 2 aliphatic rings. The lowest BCUT2D eigenvalue weighted by atomic mass is 9.94. The molecule has 0 bridgehead atoms. The Morgan fingerprint density at radius 1 is 0.867 bits per heavy atom. The summed E-state index contributed by atoms with van der Waals surface area (Å²) in [6.45, 7) is 1.20. The van der Waals surface area contributed by atoms with Gasteiger partial charge in [0.1, 0.15) is 19.3 Å². The average Bonchev–Trinajstić information content (AvgIpc) is 3.05. The summed E-state index contributed by atoms with van der Waals surface area (Å²) in [7, 11) is -3.65. The standard InChI is InChI=1S/C35H43N3O6S/c1-45(41,42)38(30-19-20-32-33(25-30)44-23-22-43-32)21-11-18-34(39)37(26-28-14-7-3-8-15-28)31(24-27-12-5-2-6-13-27)35(40)36-29-16-9-4-10-17-29/h2-3,5-8,12-15,19-20,25,29,31H,4,9-11,16-18,21-24,26H2,1H3,(H,36,40)/t31-/m0/s1. The van der Waals surface area contributed by atoms with Gasteiger partial charge in [0.15, 0.2) is 11.5 Å². The molecule has 5 rings (SSSR count). The SMILES string of the molecule is CS(=O)(=O)N(CCCC(=O)N(Cc1ccccc1)[C@@H](Cc1ccccc1)C(=O)NC1CCCCC1)c1ccc2c(c1)OCCO2. The minimum atomic E-state index is -3.65. The monoisotopic (exact) mass is 633 g/mol. The Hall–Kier alpha value is -4.05. The molecule has 1 atom stereocenters. The summed E-state index contributed by atoms with van der Waals surface area (Å²) in [4.78, 5) is 29.7. The van der Waals surface area contributed by atoms with Crippen molar-refractivity contribution in [3.63, 3.8) is 0 Å². The van der Waals surface area contributed by atoms with Gasteiger partial charge in [-0.25, -0.2) is 8.42 Å². The van der Waals surface area contributed by atoms with Gasteiger partial charge in [-0.3, -0.25) is 13.9 Å². The van der Waals surface area contributed by atoms with Gasteiger partial charge in [0, 0.05) is 38.0 Å². The van der Waals surface area contributed by atoms with Crippen molar-refractivity contribution < 1.29 is 27.5 Å². The number of carbonyl (C=O) groups is 2. The molecule has 45 heavy (non-hydrogen) atoms. The third-order valence-corrected chi connectivity index (χ3v) is 9.58. The molecular formula is C35H43N3O6S. The highest BCUT2D eigenvalue weighted by Gasteiger charge is 2.32. The Labute approximate surface area is 266 Å². The summed E-state index contributed by atoms with van der Waals surface area (Å²) >= 11 is 0. The van der Waals surface area contributed by atoms with Crippen LogP contribution in [0, 0.1) is 0 Å². The Balaban J connectivity index is 1.36. The quantitative estimate of drug-likeness (QED) is 0.281. The van der Waals surface area contributed by atoms with Crippen LogP contribution in [0.3, 0.4) is 0 Å². The van der Waals surface area contributed by atoms with E-state index in [2.05, 4.69) is 5.32 Å². The molecule has 1 heterocycles. The topological polar surface area (TPSA) is 105 Å². The number of rotatable bonds is 13. The van der Waals surface area contributed by atoms with Crippen LogP contribution in [-0.2, 0) is 32.6 Å². The molecule has 1 aliphatic carbocycles. The van der Waals surface area contributed by atoms with E-state index in [4.69, 9.17) is 9.47 Å². The van der Waals surface area contributed by atoms with E-state index in [0.29, 0.717) is 36.8 Å². The normalized spacial score (nSPS) is 15.6. The maximum absolute atomic E-state index is 14.1. The van der Waals surface area contributed by atoms with Crippen LogP contribution in [0.15, 0.2) is 78.9 Å². The van der Waals surface area contributed by atoms with E-state index in [1.54, 1.807) is 23.1 Å². The van der Waals surface area contributed by atoms with Crippen molar-refractivity contribution in [1.29, 1.82) is 0 Å². The smallest absolute Gasteiger partial charge is 0.243 e. The van der Waals surface area contributed by atoms with Gasteiger partial charge in [-0.05, 0) is 42.5 Å². The van der Waals surface area contributed by atoms with E-state index >= 15 is 0 Å². The van der Waals surface area contributed by atoms with Gasteiger partial charge in [0.05, 0.1) is 11.9 Å². The fraction of sp³-hybridized carbons (Fsp3) is 0.429. The van der Waals surface area contributed by atoms with E-state index in [0.717, 1.165) is 43.1 Å². The number of sulfonamides is 1. The summed E-state index contributed by atoms with van der Waals surface area (Å²) in [6.07, 6.45) is 7.11. The van der Waals surface area contributed by atoms with E-state index in [1.165, 1.54) is 10.7 Å². The van der Waals surface area contributed by atoms with E-state index in [-0.39, 0.29) is 43.8 Å². The third kappa shape index (κ3) is 9.00. The lowest BCUT2D eigenvalue weighted by Gasteiger charge is -2.34. The van der Waals surface area contributed by atoms with Gasteiger partial charge in [0.2, 0.25) is 21.8 Å². The Kier molecular flexibility index (Phi) is 11.0. The summed E-state index contributed by atoms with van der Waals surface area (Å²) in [6, 6.07) is 23.9. The maximum atomic E-state index is 14.1. The number of fused-ring (bicyclic) bond motifs is 1. The van der Waals surface area contributed by atoms with Gasteiger partial charge in [-0.1, -0.05) is 79.9 Å². The fourth-order valence-electron chi connectivity index (χ4n) is 6.07. The summed E-state index contributed by atoms with van der Waals surface area (Å²) in [5.74, 6) is 0.713. The highest BCUT2D eigenvalue weighted by atomic mass is 32.2. The fourth-order valence-corrected chi connectivity index (χ4v) is 7.03. The number of anilines is 1. The molecular weight excluding hydrogens is 590 g/mol. The van der Waals surface area contributed by atoms with Crippen LogP contribution in [0.4, 0.5) is 5.69 Å². The molecule has 0 unspecified atom stereocenters. The molecule has 240 valence electrons. The maximum Gasteiger partial charge on any atom is 0.243 e. The summed E-state index contributed by atoms with van der Waals surface area (Å²) < 4.78 is 38.2. The van der Waals surface area contributed by atoms with Crippen molar-refractivity contribution in [3.05, 3.63) is 90.0 Å². The highest BCUT2D eigenvalue weighted by Crippen LogP contribution is 2.35. The second-order valence-electron chi connectivity index (χ2n) is 11.8. The number of carbonyl (C=O) groups excluding carboxylic acids is 2. The van der Waals surface area contributed by atoms with Crippen LogP contribution < -0.4 is 19.1 Å². The zero-order chi connectivity index (χ0) is 31.6. The van der Waals surface area contributed by atoms with Crippen LogP contribution >= 0.6 is 0 Å². The van der Waals surface area contributed by atoms with Crippen molar-refractivity contribution in [2.45, 2.75) is 70.0 Å². The largest absolute Gasteiger partial charge is 0.486 e. The zero-order valence-electron chi connectivity index (χ0n) is 25.9. The van der Waals surface area contributed by atoms with Crippen LogP contribution in [-0.4, -0.2) is 63.2 Å². The molecule has 0 saturated heterocycles. The van der Waals surface area contributed by atoms with Crippen molar-refractivity contribution in [2.24, 2.45) is 0 Å². The average molecular weight is 634 g/mol. The van der Waals surface area contributed by atoms with Gasteiger partial charge >= 0.3 is 0 Å². The van der Waals surface area contributed by atoms with Crippen LogP contribution in [0.2, 0.25) is 0 Å². The number of benzene rings is 3. The second-order valence-corrected chi connectivity index (χ2v) is 13.7. The third-order valence-electron chi connectivity index (χ3n) is 8.38. The van der Waals surface area contributed by atoms with Crippen molar-refractivity contribution >= 4 is 27.5 Å². The molecule has 1 fully saturated rings. The number of nitrogens with zero attached hydrogens (tertiary/aromatic N) is 2.